The molecule has 1 heterocycles. The summed E-state index contributed by atoms with van der Waals surface area (Å²) < 4.78 is 0. The maximum absolute atomic E-state index is 11.9. The van der Waals surface area contributed by atoms with Crippen molar-refractivity contribution in [1.29, 1.82) is 0 Å². The lowest BCUT2D eigenvalue weighted by Gasteiger charge is -2.24. The van der Waals surface area contributed by atoms with Crippen molar-refractivity contribution in [2.75, 3.05) is 19.3 Å². The number of amides is 2. The molecule has 2 rings (SSSR count). The summed E-state index contributed by atoms with van der Waals surface area (Å²) in [4.78, 5) is 25.0. The zero-order valence-electron chi connectivity index (χ0n) is 11.2. The Morgan fingerprint density at radius 2 is 2.11 bits per heavy atom. The van der Waals surface area contributed by atoms with Gasteiger partial charge >= 0.3 is 0 Å². The van der Waals surface area contributed by atoms with Crippen LogP contribution in [0.25, 0.3) is 0 Å². The number of nitrogens with zero attached hydrogens (tertiary/aromatic N) is 1. The molecule has 2 amide bonds. The minimum Gasteiger partial charge on any atom is -0.359 e. The molecule has 0 spiro atoms. The Balaban J connectivity index is 2.08. The van der Waals surface area contributed by atoms with E-state index in [0.29, 0.717) is 18.7 Å². The van der Waals surface area contributed by atoms with Gasteiger partial charge in [0.1, 0.15) is 5.37 Å². The van der Waals surface area contributed by atoms with Gasteiger partial charge in [0, 0.05) is 20.0 Å². The van der Waals surface area contributed by atoms with Gasteiger partial charge in [0.05, 0.1) is 5.75 Å². The highest BCUT2D eigenvalue weighted by molar-refractivity contribution is 8.00. The van der Waals surface area contributed by atoms with E-state index in [9.17, 15) is 9.59 Å². The van der Waals surface area contributed by atoms with E-state index in [1.165, 1.54) is 5.56 Å². The van der Waals surface area contributed by atoms with E-state index in [1.807, 2.05) is 6.92 Å². The molecule has 0 aliphatic carbocycles. The van der Waals surface area contributed by atoms with Gasteiger partial charge < -0.3 is 10.2 Å². The second-order valence-electron chi connectivity index (χ2n) is 4.58. The Morgan fingerprint density at radius 1 is 1.42 bits per heavy atom. The topological polar surface area (TPSA) is 49.4 Å². The monoisotopic (exact) mass is 278 g/mol. The summed E-state index contributed by atoms with van der Waals surface area (Å²) in [5.74, 6) is 0.568. The predicted molar refractivity (Wildman–Crippen MR) is 76.8 cm³/mol. The predicted octanol–water partition coefficient (Wildman–Crippen LogP) is 1.71. The molecule has 1 aromatic carbocycles. The van der Waals surface area contributed by atoms with Crippen molar-refractivity contribution in [2.24, 2.45) is 0 Å². The van der Waals surface area contributed by atoms with Gasteiger partial charge in [0.25, 0.3) is 0 Å². The molecule has 1 atom stereocenters. The molecule has 0 radical (unpaired) electrons. The van der Waals surface area contributed by atoms with Crippen LogP contribution in [-0.4, -0.2) is 36.1 Å². The van der Waals surface area contributed by atoms with E-state index in [4.69, 9.17) is 0 Å². The van der Waals surface area contributed by atoms with Crippen LogP contribution in [0.4, 0.5) is 0 Å². The lowest BCUT2D eigenvalue weighted by Crippen LogP contribution is -2.32. The molecule has 5 heteroatoms. The first kappa shape index (κ1) is 13.9. The van der Waals surface area contributed by atoms with Gasteiger partial charge in [-0.15, -0.1) is 11.8 Å². The highest BCUT2D eigenvalue weighted by Crippen LogP contribution is 2.38. The quantitative estimate of drug-likeness (QED) is 0.912. The largest absolute Gasteiger partial charge is 0.359 e. The number of rotatable bonds is 4. The summed E-state index contributed by atoms with van der Waals surface area (Å²) in [6.45, 7) is 2.52. The van der Waals surface area contributed by atoms with Crippen LogP contribution in [-0.2, 0) is 9.59 Å². The standard InChI is InChI=1S/C14H18N2O2S/c1-10-3-5-11(6-4-10)14-16(13(18)9-19-14)8-7-12(17)15-2/h3-6,14H,7-9H2,1-2H3,(H,15,17). The molecule has 4 nitrogen and oxygen atoms in total. The zero-order valence-corrected chi connectivity index (χ0v) is 12.0. The van der Waals surface area contributed by atoms with Gasteiger partial charge in [-0.1, -0.05) is 29.8 Å². The van der Waals surface area contributed by atoms with Crippen LogP contribution in [0, 0.1) is 6.92 Å². The highest BCUT2D eigenvalue weighted by atomic mass is 32.2. The van der Waals surface area contributed by atoms with Gasteiger partial charge in [0.2, 0.25) is 11.8 Å². The maximum Gasteiger partial charge on any atom is 0.233 e. The molecule has 102 valence electrons. The normalized spacial score (nSPS) is 18.7. The molecule has 1 aromatic rings. The van der Waals surface area contributed by atoms with Crippen LogP contribution in [0.15, 0.2) is 24.3 Å². The van der Waals surface area contributed by atoms with Crippen LogP contribution < -0.4 is 5.32 Å². The third-order valence-electron chi connectivity index (χ3n) is 3.19. The third kappa shape index (κ3) is 3.29. The Labute approximate surface area is 117 Å². The van der Waals surface area contributed by atoms with Crippen molar-refractivity contribution >= 4 is 23.6 Å². The molecule has 1 N–H and O–H groups in total. The molecule has 0 bridgehead atoms. The van der Waals surface area contributed by atoms with Crippen LogP contribution in [0.2, 0.25) is 0 Å². The van der Waals surface area contributed by atoms with Gasteiger partial charge in [-0.25, -0.2) is 0 Å². The molecule has 1 aliphatic heterocycles. The first-order chi connectivity index (χ1) is 9.11. The van der Waals surface area contributed by atoms with Crippen molar-refractivity contribution in [3.8, 4) is 0 Å². The van der Waals surface area contributed by atoms with Crippen molar-refractivity contribution in [3.05, 3.63) is 35.4 Å². The summed E-state index contributed by atoms with van der Waals surface area (Å²) in [5, 5.41) is 2.62. The summed E-state index contributed by atoms with van der Waals surface area (Å²) in [5.41, 5.74) is 2.33. The van der Waals surface area contributed by atoms with Gasteiger partial charge in [-0.05, 0) is 12.5 Å². The molecule has 0 aromatic heterocycles. The van der Waals surface area contributed by atoms with Gasteiger partial charge in [-0.3, -0.25) is 9.59 Å². The molecule has 1 saturated heterocycles. The molecule has 1 aliphatic rings. The van der Waals surface area contributed by atoms with Gasteiger partial charge in [-0.2, -0.15) is 0 Å². The number of nitrogens with one attached hydrogen (secondary N) is 1. The number of hydrogen-bond acceptors (Lipinski definition) is 3. The second-order valence-corrected chi connectivity index (χ2v) is 5.65. The second kappa shape index (κ2) is 6.10. The summed E-state index contributed by atoms with van der Waals surface area (Å²) in [7, 11) is 1.61. The average molecular weight is 278 g/mol. The van der Waals surface area contributed by atoms with E-state index in [0.717, 1.165) is 5.56 Å². The summed E-state index contributed by atoms with van der Waals surface area (Å²) in [6.07, 6.45) is 0.352. The van der Waals surface area contributed by atoms with Crippen molar-refractivity contribution < 1.29 is 9.59 Å². The third-order valence-corrected chi connectivity index (χ3v) is 4.45. The number of benzene rings is 1. The SMILES string of the molecule is CNC(=O)CCN1C(=O)CSC1c1ccc(C)cc1. The molecular weight excluding hydrogens is 260 g/mol. The van der Waals surface area contributed by atoms with E-state index in [2.05, 4.69) is 29.6 Å². The highest BCUT2D eigenvalue weighted by Gasteiger charge is 2.32. The minimum absolute atomic E-state index is 0.0349. The molecule has 0 saturated carbocycles. The molecule has 19 heavy (non-hydrogen) atoms. The van der Waals surface area contributed by atoms with E-state index < -0.39 is 0 Å². The van der Waals surface area contributed by atoms with E-state index in [-0.39, 0.29) is 17.2 Å². The minimum atomic E-state index is -0.0349. The lowest BCUT2D eigenvalue weighted by atomic mass is 10.1. The van der Waals surface area contributed by atoms with Crippen LogP contribution in [0.5, 0.6) is 0 Å². The fraction of sp³-hybridized carbons (Fsp3) is 0.429. The number of aryl methyl sites for hydroxylation is 1. The first-order valence-corrected chi connectivity index (χ1v) is 7.35. The Bertz CT molecular complexity index is 473. The number of thioether (sulfide) groups is 1. The van der Waals surface area contributed by atoms with Crippen molar-refractivity contribution in [3.63, 3.8) is 0 Å². The Kier molecular flexibility index (Phi) is 4.47. The van der Waals surface area contributed by atoms with E-state index >= 15 is 0 Å². The van der Waals surface area contributed by atoms with Gasteiger partial charge in [0.15, 0.2) is 0 Å². The fourth-order valence-electron chi connectivity index (χ4n) is 2.05. The number of carbonyl (C=O) groups excluding carboxylic acids is 2. The van der Waals surface area contributed by atoms with Crippen LogP contribution in [0.1, 0.15) is 22.9 Å². The molecule has 1 fully saturated rings. The number of hydrogen-bond donors (Lipinski definition) is 1. The molecule has 1 unspecified atom stereocenters. The van der Waals surface area contributed by atoms with Crippen LogP contribution >= 0.6 is 11.8 Å². The summed E-state index contributed by atoms with van der Waals surface area (Å²) >= 11 is 1.62. The summed E-state index contributed by atoms with van der Waals surface area (Å²) in [6, 6.07) is 8.21. The van der Waals surface area contributed by atoms with Crippen molar-refractivity contribution in [1.82, 2.24) is 10.2 Å². The fourth-order valence-corrected chi connectivity index (χ4v) is 3.27. The smallest absolute Gasteiger partial charge is 0.233 e. The maximum atomic E-state index is 11.9. The van der Waals surface area contributed by atoms with E-state index in [1.54, 1.807) is 23.7 Å². The average Bonchev–Trinajstić information content (AvgIpc) is 2.78. The Morgan fingerprint density at radius 3 is 2.74 bits per heavy atom. The van der Waals surface area contributed by atoms with Crippen molar-refractivity contribution in [2.45, 2.75) is 18.7 Å². The lowest BCUT2D eigenvalue weighted by molar-refractivity contribution is -0.129. The Hall–Kier alpha value is -1.49. The number of carbonyl (C=O) groups is 2. The van der Waals surface area contributed by atoms with Crippen LogP contribution in [0.3, 0.4) is 0 Å². The zero-order chi connectivity index (χ0) is 13.8. The molecular formula is C14H18N2O2S. The first-order valence-electron chi connectivity index (χ1n) is 6.30.